The van der Waals surface area contributed by atoms with Gasteiger partial charge in [-0.3, -0.25) is 10.1 Å². The van der Waals surface area contributed by atoms with E-state index in [-0.39, 0.29) is 11.4 Å². The van der Waals surface area contributed by atoms with E-state index in [4.69, 9.17) is 0 Å². The van der Waals surface area contributed by atoms with Crippen LogP contribution in [0, 0.1) is 10.1 Å². The molecule has 0 saturated carbocycles. The molecule has 0 aliphatic carbocycles. The van der Waals surface area contributed by atoms with Gasteiger partial charge in [-0.15, -0.1) is 0 Å². The van der Waals surface area contributed by atoms with Gasteiger partial charge in [-0.2, -0.15) is 0 Å². The molecule has 0 aliphatic heterocycles. The van der Waals surface area contributed by atoms with Gasteiger partial charge in [-0.25, -0.2) is 0 Å². The van der Waals surface area contributed by atoms with Crippen LogP contribution in [0.2, 0.25) is 0 Å². The molecular weight excluding hydrogens is 496 g/mol. The molecule has 0 heterocycles. The number of hydrogen-bond acceptors (Lipinski definition) is 5. The molecule has 3 aromatic carbocycles. The van der Waals surface area contributed by atoms with E-state index in [0.717, 1.165) is 21.0 Å². The highest BCUT2D eigenvalue weighted by molar-refractivity contribution is 9.11. The van der Waals surface area contributed by atoms with Crippen molar-refractivity contribution in [2.75, 3.05) is 5.32 Å². The lowest BCUT2D eigenvalue weighted by Crippen LogP contribution is -2.01. The smallest absolute Gasteiger partial charge is 0.269 e. The number of aromatic hydroxyl groups is 1. The van der Waals surface area contributed by atoms with Gasteiger partial charge < -0.3 is 10.4 Å². The minimum Gasteiger partial charge on any atom is -0.506 e. The summed E-state index contributed by atoms with van der Waals surface area (Å²) in [6.07, 6.45) is 0. The zero-order chi connectivity index (χ0) is 19.4. The predicted octanol–water partition coefficient (Wildman–Crippen LogP) is 6.59. The van der Waals surface area contributed by atoms with E-state index in [0.29, 0.717) is 15.5 Å². The summed E-state index contributed by atoms with van der Waals surface area (Å²) in [6.45, 7) is 0.597. The summed E-state index contributed by atoms with van der Waals surface area (Å²) in [6, 6.07) is 18.1. The standard InChI is InChI=1S/C19H14Br2N2O3S/c20-16-9-13(10-17(21)19(16)24)22-11-12-3-1-2-4-18(12)27-15-7-5-14(6-8-15)23(25)26/h1-10,22,24H,11H2. The molecule has 0 saturated heterocycles. The number of rotatable bonds is 6. The van der Waals surface area contributed by atoms with E-state index >= 15 is 0 Å². The van der Waals surface area contributed by atoms with Gasteiger partial charge in [0.15, 0.2) is 0 Å². The number of anilines is 1. The van der Waals surface area contributed by atoms with Crippen LogP contribution < -0.4 is 5.32 Å². The maximum absolute atomic E-state index is 10.8. The third kappa shape index (κ3) is 5.03. The Bertz CT molecular complexity index is 958. The molecule has 8 heteroatoms. The zero-order valence-electron chi connectivity index (χ0n) is 13.9. The molecule has 0 unspecified atom stereocenters. The van der Waals surface area contributed by atoms with Crippen LogP contribution >= 0.6 is 43.6 Å². The first kappa shape index (κ1) is 19.7. The molecule has 0 spiro atoms. The number of hydrogen-bond donors (Lipinski definition) is 2. The van der Waals surface area contributed by atoms with Gasteiger partial charge in [-0.05, 0) is 67.8 Å². The Kier molecular flexibility index (Phi) is 6.41. The number of nitro benzene ring substituents is 1. The minimum absolute atomic E-state index is 0.0813. The molecule has 0 aromatic heterocycles. The Labute approximate surface area is 177 Å². The van der Waals surface area contributed by atoms with Crippen LogP contribution in [-0.4, -0.2) is 10.0 Å². The number of halogens is 2. The Morgan fingerprint density at radius 2 is 1.67 bits per heavy atom. The van der Waals surface area contributed by atoms with Crippen LogP contribution in [0.3, 0.4) is 0 Å². The highest BCUT2D eigenvalue weighted by atomic mass is 79.9. The van der Waals surface area contributed by atoms with E-state index in [9.17, 15) is 15.2 Å². The monoisotopic (exact) mass is 508 g/mol. The van der Waals surface area contributed by atoms with Crippen molar-refractivity contribution >= 4 is 55.0 Å². The van der Waals surface area contributed by atoms with Gasteiger partial charge in [0, 0.05) is 34.2 Å². The number of nitrogens with one attached hydrogen (secondary N) is 1. The number of nitrogens with zero attached hydrogens (tertiary/aromatic N) is 1. The second-order valence-electron chi connectivity index (χ2n) is 5.60. The van der Waals surface area contributed by atoms with Gasteiger partial charge in [0.05, 0.1) is 13.9 Å². The predicted molar refractivity (Wildman–Crippen MR) is 114 cm³/mol. The number of phenols is 1. The molecule has 3 aromatic rings. The Balaban J connectivity index is 1.75. The van der Waals surface area contributed by atoms with E-state index in [1.165, 1.54) is 12.1 Å². The van der Waals surface area contributed by atoms with Crippen LogP contribution in [0.15, 0.2) is 79.4 Å². The van der Waals surface area contributed by atoms with Crippen molar-refractivity contribution in [3.8, 4) is 5.75 Å². The average Bonchev–Trinajstić information content (AvgIpc) is 2.65. The molecule has 0 bridgehead atoms. The SMILES string of the molecule is O=[N+]([O-])c1ccc(Sc2ccccc2CNc2cc(Br)c(O)c(Br)c2)cc1. The quantitative estimate of drug-likeness (QED) is 0.223. The van der Waals surface area contributed by atoms with Crippen molar-refractivity contribution in [1.29, 1.82) is 0 Å². The van der Waals surface area contributed by atoms with Crippen molar-refractivity contribution in [3.63, 3.8) is 0 Å². The molecule has 0 aliphatic rings. The Hall–Kier alpha value is -2.03. The van der Waals surface area contributed by atoms with Crippen LogP contribution in [0.4, 0.5) is 11.4 Å². The molecule has 27 heavy (non-hydrogen) atoms. The number of nitro groups is 1. The lowest BCUT2D eigenvalue weighted by atomic mass is 10.2. The number of non-ortho nitro benzene ring substituents is 1. The van der Waals surface area contributed by atoms with Crippen LogP contribution in [-0.2, 0) is 6.54 Å². The van der Waals surface area contributed by atoms with Crippen LogP contribution in [0.5, 0.6) is 5.75 Å². The Morgan fingerprint density at radius 1 is 1.04 bits per heavy atom. The fourth-order valence-corrected chi connectivity index (χ4v) is 4.51. The average molecular weight is 510 g/mol. The van der Waals surface area contributed by atoms with E-state index < -0.39 is 4.92 Å². The number of phenolic OH excluding ortho intramolecular Hbond substituents is 1. The molecule has 138 valence electrons. The molecule has 5 nitrogen and oxygen atoms in total. The van der Waals surface area contributed by atoms with Gasteiger partial charge in [0.25, 0.3) is 5.69 Å². The number of benzene rings is 3. The minimum atomic E-state index is -0.403. The normalized spacial score (nSPS) is 10.6. The third-order valence-corrected chi connectivity index (χ3v) is 6.08. The molecule has 0 atom stereocenters. The summed E-state index contributed by atoms with van der Waals surface area (Å²) in [5.74, 6) is 0.162. The van der Waals surface area contributed by atoms with Crippen molar-refractivity contribution in [2.24, 2.45) is 0 Å². The first-order valence-corrected chi connectivity index (χ1v) is 10.3. The molecular formula is C19H14Br2N2O3S. The van der Waals surface area contributed by atoms with Gasteiger partial charge in [0.1, 0.15) is 5.75 Å². The summed E-state index contributed by atoms with van der Waals surface area (Å²) in [4.78, 5) is 12.4. The maximum atomic E-state index is 10.8. The van der Waals surface area contributed by atoms with E-state index in [1.54, 1.807) is 23.9 Å². The third-order valence-electron chi connectivity index (χ3n) is 3.75. The van der Waals surface area contributed by atoms with Crippen molar-refractivity contribution in [3.05, 3.63) is 85.3 Å². The van der Waals surface area contributed by atoms with Gasteiger partial charge >= 0.3 is 0 Å². The van der Waals surface area contributed by atoms with Crippen LogP contribution in [0.1, 0.15) is 5.56 Å². The second kappa shape index (κ2) is 8.77. The first-order chi connectivity index (χ1) is 12.9. The summed E-state index contributed by atoms with van der Waals surface area (Å²) >= 11 is 8.21. The highest BCUT2D eigenvalue weighted by Gasteiger charge is 2.09. The second-order valence-corrected chi connectivity index (χ2v) is 8.43. The summed E-state index contributed by atoms with van der Waals surface area (Å²) in [5, 5.41) is 23.9. The summed E-state index contributed by atoms with van der Waals surface area (Å²) in [7, 11) is 0. The van der Waals surface area contributed by atoms with Gasteiger partial charge in [-0.1, -0.05) is 30.0 Å². The van der Waals surface area contributed by atoms with Crippen molar-refractivity contribution in [2.45, 2.75) is 16.3 Å². The molecule has 0 fully saturated rings. The van der Waals surface area contributed by atoms with Crippen LogP contribution in [0.25, 0.3) is 0 Å². The summed E-state index contributed by atoms with van der Waals surface area (Å²) in [5.41, 5.74) is 2.04. The largest absolute Gasteiger partial charge is 0.506 e. The lowest BCUT2D eigenvalue weighted by molar-refractivity contribution is -0.384. The fourth-order valence-electron chi connectivity index (χ4n) is 2.38. The van der Waals surface area contributed by atoms with Crippen molar-refractivity contribution in [1.82, 2.24) is 0 Å². The zero-order valence-corrected chi connectivity index (χ0v) is 17.8. The molecule has 0 radical (unpaired) electrons. The van der Waals surface area contributed by atoms with Crippen molar-refractivity contribution < 1.29 is 10.0 Å². The van der Waals surface area contributed by atoms with E-state index in [2.05, 4.69) is 37.2 Å². The summed E-state index contributed by atoms with van der Waals surface area (Å²) < 4.78 is 1.21. The maximum Gasteiger partial charge on any atom is 0.269 e. The lowest BCUT2D eigenvalue weighted by Gasteiger charge is -2.12. The topological polar surface area (TPSA) is 75.4 Å². The highest BCUT2D eigenvalue weighted by Crippen LogP contribution is 2.36. The molecule has 2 N–H and O–H groups in total. The first-order valence-electron chi connectivity index (χ1n) is 7.86. The molecule has 3 rings (SSSR count). The van der Waals surface area contributed by atoms with E-state index in [1.807, 2.05) is 36.4 Å². The van der Waals surface area contributed by atoms with Gasteiger partial charge in [0.2, 0.25) is 0 Å². The Morgan fingerprint density at radius 3 is 2.30 bits per heavy atom. The molecule has 0 amide bonds. The fraction of sp³-hybridized carbons (Fsp3) is 0.0526.